The van der Waals surface area contributed by atoms with Crippen LogP contribution in [0.15, 0.2) is 24.3 Å². The lowest BCUT2D eigenvalue weighted by molar-refractivity contribution is -0.0189. The van der Waals surface area contributed by atoms with Crippen molar-refractivity contribution in [2.24, 2.45) is 5.92 Å². The molecule has 0 aliphatic carbocycles. The zero-order chi connectivity index (χ0) is 16.4. The SMILES string of the molecule is COc1cccc(OC2CN(C[C@@H]3CCCN4CCCC[C@H]34)C2)c1. The molecule has 0 N–H and O–H groups in total. The predicted molar refractivity (Wildman–Crippen MR) is 95.8 cm³/mol. The van der Waals surface area contributed by atoms with E-state index in [0.717, 1.165) is 36.5 Å². The average molecular weight is 330 g/mol. The van der Waals surface area contributed by atoms with Crippen molar-refractivity contribution in [1.29, 1.82) is 0 Å². The van der Waals surface area contributed by atoms with Crippen LogP contribution in [0, 0.1) is 5.92 Å². The van der Waals surface area contributed by atoms with E-state index < -0.39 is 0 Å². The molecule has 0 unspecified atom stereocenters. The number of methoxy groups -OCH3 is 1. The number of benzene rings is 1. The number of rotatable bonds is 5. The van der Waals surface area contributed by atoms with E-state index in [1.807, 2.05) is 24.3 Å². The van der Waals surface area contributed by atoms with Crippen LogP contribution in [0.1, 0.15) is 32.1 Å². The Morgan fingerprint density at radius 2 is 1.88 bits per heavy atom. The molecular formula is C20H30N2O2. The fraction of sp³-hybridized carbons (Fsp3) is 0.700. The highest BCUT2D eigenvalue weighted by molar-refractivity contribution is 5.33. The molecule has 2 atom stereocenters. The first-order chi connectivity index (χ1) is 11.8. The van der Waals surface area contributed by atoms with Crippen LogP contribution in [0.3, 0.4) is 0 Å². The first-order valence-corrected chi connectivity index (χ1v) is 9.59. The van der Waals surface area contributed by atoms with Gasteiger partial charge in [0.15, 0.2) is 0 Å². The van der Waals surface area contributed by atoms with Gasteiger partial charge in [-0.05, 0) is 56.8 Å². The molecule has 132 valence electrons. The predicted octanol–water partition coefficient (Wildman–Crippen LogP) is 3.02. The van der Waals surface area contributed by atoms with E-state index in [-0.39, 0.29) is 0 Å². The van der Waals surface area contributed by atoms with Crippen LogP contribution in [0.5, 0.6) is 11.5 Å². The van der Waals surface area contributed by atoms with Gasteiger partial charge >= 0.3 is 0 Å². The Labute approximate surface area is 145 Å². The normalized spacial score (nSPS) is 28.9. The second-order valence-electron chi connectivity index (χ2n) is 7.64. The lowest BCUT2D eigenvalue weighted by Gasteiger charge is -2.48. The fourth-order valence-corrected chi connectivity index (χ4v) is 4.73. The minimum Gasteiger partial charge on any atom is -0.497 e. The van der Waals surface area contributed by atoms with Gasteiger partial charge in [-0.3, -0.25) is 4.90 Å². The molecule has 4 nitrogen and oxygen atoms in total. The van der Waals surface area contributed by atoms with E-state index in [9.17, 15) is 0 Å². The Morgan fingerprint density at radius 3 is 2.75 bits per heavy atom. The molecule has 0 spiro atoms. The number of nitrogens with zero attached hydrogens (tertiary/aromatic N) is 2. The van der Waals surface area contributed by atoms with Crippen LogP contribution in [0.25, 0.3) is 0 Å². The molecule has 1 aromatic rings. The van der Waals surface area contributed by atoms with Gasteiger partial charge in [0, 0.05) is 31.7 Å². The van der Waals surface area contributed by atoms with Crippen molar-refractivity contribution in [2.75, 3.05) is 39.8 Å². The molecular weight excluding hydrogens is 300 g/mol. The number of likely N-dealkylation sites (tertiary alicyclic amines) is 1. The average Bonchev–Trinajstić information content (AvgIpc) is 2.60. The monoisotopic (exact) mass is 330 g/mol. The van der Waals surface area contributed by atoms with Crippen molar-refractivity contribution in [2.45, 2.75) is 44.2 Å². The van der Waals surface area contributed by atoms with Crippen LogP contribution in [-0.4, -0.2) is 61.8 Å². The van der Waals surface area contributed by atoms with Gasteiger partial charge in [-0.15, -0.1) is 0 Å². The van der Waals surface area contributed by atoms with Gasteiger partial charge in [-0.25, -0.2) is 0 Å². The molecule has 3 saturated heterocycles. The number of hydrogen-bond acceptors (Lipinski definition) is 4. The summed E-state index contributed by atoms with van der Waals surface area (Å²) >= 11 is 0. The lowest BCUT2D eigenvalue weighted by atomic mass is 9.83. The number of fused-ring (bicyclic) bond motifs is 1. The largest absolute Gasteiger partial charge is 0.497 e. The topological polar surface area (TPSA) is 24.9 Å². The van der Waals surface area contributed by atoms with Gasteiger partial charge in [0.2, 0.25) is 0 Å². The molecule has 3 aliphatic heterocycles. The second-order valence-corrected chi connectivity index (χ2v) is 7.64. The molecule has 0 aromatic heterocycles. The van der Waals surface area contributed by atoms with E-state index in [1.54, 1.807) is 7.11 Å². The van der Waals surface area contributed by atoms with Gasteiger partial charge in [-0.2, -0.15) is 0 Å². The molecule has 0 bridgehead atoms. The van der Waals surface area contributed by atoms with Crippen molar-refractivity contribution in [3.05, 3.63) is 24.3 Å². The Hall–Kier alpha value is -1.26. The zero-order valence-corrected chi connectivity index (χ0v) is 14.8. The standard InChI is InChI=1S/C20H30N2O2/c1-23-17-7-4-8-18(12-17)24-19-14-21(15-19)13-16-6-5-11-22-10-3-2-9-20(16)22/h4,7-8,12,16,19-20H,2-3,5-6,9-11,13-15H2,1H3/t16-,20+/m0/s1. The number of piperidine rings is 2. The summed E-state index contributed by atoms with van der Waals surface area (Å²) in [5, 5.41) is 0. The third-order valence-corrected chi connectivity index (χ3v) is 5.99. The summed E-state index contributed by atoms with van der Waals surface area (Å²) in [4.78, 5) is 5.36. The Morgan fingerprint density at radius 1 is 1.04 bits per heavy atom. The summed E-state index contributed by atoms with van der Waals surface area (Å²) in [6, 6.07) is 8.80. The highest BCUT2D eigenvalue weighted by Gasteiger charge is 2.37. The maximum absolute atomic E-state index is 6.09. The summed E-state index contributed by atoms with van der Waals surface area (Å²) in [5.74, 6) is 2.66. The Kier molecular flexibility index (Phi) is 4.95. The van der Waals surface area contributed by atoms with Crippen LogP contribution in [0.2, 0.25) is 0 Å². The third-order valence-electron chi connectivity index (χ3n) is 5.99. The van der Waals surface area contributed by atoms with E-state index >= 15 is 0 Å². The van der Waals surface area contributed by atoms with Gasteiger partial charge in [0.05, 0.1) is 7.11 Å². The lowest BCUT2D eigenvalue weighted by Crippen LogP contribution is -2.58. The highest BCUT2D eigenvalue weighted by atomic mass is 16.5. The molecule has 0 amide bonds. The summed E-state index contributed by atoms with van der Waals surface area (Å²) in [5.41, 5.74) is 0. The fourth-order valence-electron chi connectivity index (χ4n) is 4.73. The van der Waals surface area contributed by atoms with Gasteiger partial charge in [0.25, 0.3) is 0 Å². The quantitative estimate of drug-likeness (QED) is 0.828. The maximum atomic E-state index is 6.09. The van der Waals surface area contributed by atoms with Crippen molar-refractivity contribution in [3.63, 3.8) is 0 Å². The molecule has 3 heterocycles. The molecule has 3 fully saturated rings. The first-order valence-electron chi connectivity index (χ1n) is 9.59. The van der Waals surface area contributed by atoms with E-state index in [2.05, 4.69) is 9.80 Å². The van der Waals surface area contributed by atoms with Crippen LogP contribution >= 0.6 is 0 Å². The number of ether oxygens (including phenoxy) is 2. The van der Waals surface area contributed by atoms with Crippen molar-refractivity contribution in [3.8, 4) is 11.5 Å². The van der Waals surface area contributed by atoms with E-state index in [4.69, 9.17) is 9.47 Å². The maximum Gasteiger partial charge on any atom is 0.124 e. The summed E-state index contributed by atoms with van der Waals surface area (Å²) in [6.07, 6.45) is 7.39. The first kappa shape index (κ1) is 16.2. The summed E-state index contributed by atoms with van der Waals surface area (Å²) in [7, 11) is 1.70. The van der Waals surface area contributed by atoms with Gasteiger partial charge in [-0.1, -0.05) is 12.5 Å². The van der Waals surface area contributed by atoms with Crippen LogP contribution in [0.4, 0.5) is 0 Å². The smallest absolute Gasteiger partial charge is 0.124 e. The zero-order valence-electron chi connectivity index (χ0n) is 14.8. The molecule has 1 aromatic carbocycles. The molecule has 0 saturated carbocycles. The van der Waals surface area contributed by atoms with Crippen LogP contribution in [-0.2, 0) is 0 Å². The van der Waals surface area contributed by atoms with E-state index in [0.29, 0.717) is 6.10 Å². The van der Waals surface area contributed by atoms with Crippen LogP contribution < -0.4 is 9.47 Å². The minimum atomic E-state index is 0.336. The minimum absolute atomic E-state index is 0.336. The molecule has 4 rings (SSSR count). The van der Waals surface area contributed by atoms with Crippen molar-refractivity contribution in [1.82, 2.24) is 9.80 Å². The second kappa shape index (κ2) is 7.32. The molecule has 3 aliphatic rings. The van der Waals surface area contributed by atoms with Crippen molar-refractivity contribution >= 4 is 0 Å². The Balaban J connectivity index is 1.25. The molecule has 4 heteroatoms. The Bertz CT molecular complexity index is 542. The third kappa shape index (κ3) is 3.55. The van der Waals surface area contributed by atoms with Crippen molar-refractivity contribution < 1.29 is 9.47 Å². The molecule has 24 heavy (non-hydrogen) atoms. The highest BCUT2D eigenvalue weighted by Crippen LogP contribution is 2.32. The van der Waals surface area contributed by atoms with Gasteiger partial charge in [0.1, 0.15) is 17.6 Å². The van der Waals surface area contributed by atoms with Gasteiger partial charge < -0.3 is 14.4 Å². The summed E-state index contributed by atoms with van der Waals surface area (Å²) < 4.78 is 11.4. The number of hydrogen-bond donors (Lipinski definition) is 0. The van der Waals surface area contributed by atoms with E-state index in [1.165, 1.54) is 51.7 Å². The summed E-state index contributed by atoms with van der Waals surface area (Å²) in [6.45, 7) is 6.07. The molecule has 0 radical (unpaired) electrons.